The molecular formula is C24H51N7O9. The number of hydrogen-bond donors (Lipinski definition) is 13. The number of aliphatic hydroxyl groups is 6. The number of nitrogens with two attached hydrogens (primary N) is 5. The maximum Gasteiger partial charge on any atom is 0.186 e. The van der Waals surface area contributed by atoms with Crippen molar-refractivity contribution >= 4 is 0 Å². The van der Waals surface area contributed by atoms with Gasteiger partial charge in [-0.05, 0) is 32.4 Å². The summed E-state index contributed by atoms with van der Waals surface area (Å²) in [6.07, 6.45) is -9.41. The molecule has 0 bridgehead atoms. The zero-order valence-corrected chi connectivity index (χ0v) is 22.8. The van der Waals surface area contributed by atoms with Crippen LogP contribution < -0.4 is 39.3 Å². The number of rotatable bonds is 13. The molecule has 15 atom stereocenters. The molecule has 3 aliphatic rings. The van der Waals surface area contributed by atoms with Crippen LogP contribution in [-0.4, -0.2) is 155 Å². The number of aliphatic hydroxyl groups excluding tert-OH is 6. The van der Waals surface area contributed by atoms with Crippen molar-refractivity contribution in [1.29, 1.82) is 0 Å². The fourth-order valence-electron chi connectivity index (χ4n) is 5.85. The Morgan fingerprint density at radius 3 is 2.30 bits per heavy atom. The average Bonchev–Trinajstić information content (AvgIpc) is 2.93. The Balaban J connectivity index is 1.81. The van der Waals surface area contributed by atoms with Gasteiger partial charge in [0.1, 0.15) is 24.4 Å². The third-order valence-corrected chi connectivity index (χ3v) is 8.24. The Kier molecular flexibility index (Phi) is 13.3. The maximum absolute atomic E-state index is 11.7. The van der Waals surface area contributed by atoms with Gasteiger partial charge in [-0.1, -0.05) is 0 Å². The quantitative estimate of drug-likeness (QED) is 0.0898. The molecule has 0 aromatic rings. The molecule has 2 aliphatic heterocycles. The minimum absolute atomic E-state index is 0.00560. The van der Waals surface area contributed by atoms with E-state index in [1.807, 2.05) is 0 Å². The van der Waals surface area contributed by atoms with Gasteiger partial charge in [-0.2, -0.15) is 0 Å². The molecule has 0 aromatic carbocycles. The SMILES string of the molecule is NCCCNC[C@H]1O[C@H](C2[C@@H](N)C[C@@H](NCC(O)CN)[C@H](O[C@H]3O[C@H](CO)[C@@H](O)[C@H](N)[C@H]3O)[C@H]2O)[C@H](N)C[C@@H]1O. The molecule has 2 heterocycles. The summed E-state index contributed by atoms with van der Waals surface area (Å²) in [6, 6.07) is -3.05. The summed E-state index contributed by atoms with van der Waals surface area (Å²) in [4.78, 5) is 0. The Hall–Kier alpha value is -0.640. The Morgan fingerprint density at radius 1 is 0.925 bits per heavy atom. The van der Waals surface area contributed by atoms with Crippen LogP contribution in [0.25, 0.3) is 0 Å². The lowest BCUT2D eigenvalue weighted by atomic mass is 9.72. The molecular weight excluding hydrogens is 530 g/mol. The summed E-state index contributed by atoms with van der Waals surface area (Å²) in [7, 11) is 0. The standard InChI is InChI=1S/C24H51N7O9/c25-2-1-3-30-8-15-14(34)5-12(28)22(38-15)17-11(27)4-13(31-7-10(33)6-26)23(20(17)36)40-24-21(37)18(29)19(35)16(9-32)39-24/h10-24,30-37H,1-9,25-29H2/t10?,11-,12+,13+,14-,15+,16+,17?,18-,19+,20-,21+,22-,23-,24+/m0/s1. The van der Waals surface area contributed by atoms with E-state index in [0.717, 1.165) is 6.42 Å². The number of ether oxygens (including phenoxy) is 3. The molecule has 40 heavy (non-hydrogen) atoms. The second-order valence-electron chi connectivity index (χ2n) is 11.2. The van der Waals surface area contributed by atoms with Gasteiger partial charge in [0, 0.05) is 43.7 Å². The first-order valence-corrected chi connectivity index (χ1v) is 14.1. The first kappa shape index (κ1) is 33.9. The molecule has 16 nitrogen and oxygen atoms in total. The van der Waals surface area contributed by atoms with E-state index in [0.29, 0.717) is 19.6 Å². The first-order valence-electron chi connectivity index (χ1n) is 14.1. The molecule has 1 saturated carbocycles. The monoisotopic (exact) mass is 581 g/mol. The smallest absolute Gasteiger partial charge is 0.186 e. The summed E-state index contributed by atoms with van der Waals surface area (Å²) in [6.45, 7) is 1.05. The molecule has 2 unspecified atom stereocenters. The second-order valence-corrected chi connectivity index (χ2v) is 11.2. The molecule has 0 aromatic heterocycles. The van der Waals surface area contributed by atoms with E-state index in [9.17, 15) is 30.6 Å². The average molecular weight is 582 g/mol. The van der Waals surface area contributed by atoms with Crippen molar-refractivity contribution in [3.05, 3.63) is 0 Å². The van der Waals surface area contributed by atoms with Crippen LogP contribution in [0.5, 0.6) is 0 Å². The zero-order chi connectivity index (χ0) is 29.6. The lowest BCUT2D eigenvalue weighted by molar-refractivity contribution is -0.307. The number of nitrogens with one attached hydrogen (secondary N) is 2. The normalized spacial score (nSPS) is 45.4. The zero-order valence-electron chi connectivity index (χ0n) is 22.8. The minimum atomic E-state index is -1.47. The van der Waals surface area contributed by atoms with Crippen LogP contribution in [0.3, 0.4) is 0 Å². The van der Waals surface area contributed by atoms with Crippen molar-refractivity contribution in [2.45, 2.75) is 105 Å². The number of hydrogen-bond acceptors (Lipinski definition) is 16. The van der Waals surface area contributed by atoms with Crippen LogP contribution in [0, 0.1) is 5.92 Å². The Labute approximate surface area is 234 Å². The first-order chi connectivity index (χ1) is 19.0. The minimum Gasteiger partial charge on any atom is -0.394 e. The van der Waals surface area contributed by atoms with Crippen LogP contribution in [0.4, 0.5) is 0 Å². The Bertz CT molecular complexity index is 747. The highest BCUT2D eigenvalue weighted by Crippen LogP contribution is 2.36. The molecule has 0 spiro atoms. The summed E-state index contributed by atoms with van der Waals surface area (Å²) < 4.78 is 17.9. The van der Waals surface area contributed by atoms with Crippen molar-refractivity contribution in [3.8, 4) is 0 Å². The van der Waals surface area contributed by atoms with Gasteiger partial charge >= 0.3 is 0 Å². The third kappa shape index (κ3) is 8.04. The molecule has 3 rings (SSSR count). The van der Waals surface area contributed by atoms with Crippen molar-refractivity contribution in [3.63, 3.8) is 0 Å². The maximum atomic E-state index is 11.7. The summed E-state index contributed by atoms with van der Waals surface area (Å²) in [5.41, 5.74) is 30.0. The largest absolute Gasteiger partial charge is 0.394 e. The van der Waals surface area contributed by atoms with Crippen LogP contribution in [0.2, 0.25) is 0 Å². The summed E-state index contributed by atoms with van der Waals surface area (Å²) in [5.74, 6) is -0.731. The molecule has 236 valence electrons. The van der Waals surface area contributed by atoms with Gasteiger partial charge < -0.3 is 84.2 Å². The predicted octanol–water partition coefficient (Wildman–Crippen LogP) is -7.09. The fraction of sp³-hybridized carbons (Fsp3) is 1.00. The van der Waals surface area contributed by atoms with Crippen LogP contribution in [0.1, 0.15) is 19.3 Å². The van der Waals surface area contributed by atoms with E-state index in [2.05, 4.69) is 10.6 Å². The van der Waals surface area contributed by atoms with Crippen LogP contribution in [-0.2, 0) is 14.2 Å². The van der Waals surface area contributed by atoms with E-state index >= 15 is 0 Å². The lowest BCUT2D eigenvalue weighted by Crippen LogP contribution is -2.70. The third-order valence-electron chi connectivity index (χ3n) is 8.24. The van der Waals surface area contributed by atoms with E-state index in [1.54, 1.807) is 0 Å². The van der Waals surface area contributed by atoms with Crippen molar-refractivity contribution in [2.75, 3.05) is 39.3 Å². The molecule has 1 aliphatic carbocycles. The summed E-state index contributed by atoms with van der Waals surface area (Å²) >= 11 is 0. The van der Waals surface area contributed by atoms with Crippen molar-refractivity contribution in [2.24, 2.45) is 34.6 Å². The van der Waals surface area contributed by atoms with Gasteiger partial charge in [0.25, 0.3) is 0 Å². The highest BCUT2D eigenvalue weighted by Gasteiger charge is 2.53. The van der Waals surface area contributed by atoms with Crippen LogP contribution >= 0.6 is 0 Å². The lowest BCUT2D eigenvalue weighted by Gasteiger charge is -2.51. The second kappa shape index (κ2) is 15.7. The van der Waals surface area contributed by atoms with Crippen LogP contribution in [0.15, 0.2) is 0 Å². The highest BCUT2D eigenvalue weighted by atomic mass is 16.7. The van der Waals surface area contributed by atoms with E-state index in [1.165, 1.54) is 0 Å². The molecule has 0 radical (unpaired) electrons. The highest BCUT2D eigenvalue weighted by molar-refractivity contribution is 5.06. The van der Waals surface area contributed by atoms with E-state index < -0.39 is 97.9 Å². The molecule has 3 fully saturated rings. The molecule has 0 amide bonds. The Morgan fingerprint density at radius 2 is 1.65 bits per heavy atom. The summed E-state index contributed by atoms with van der Waals surface area (Å²) in [5, 5.41) is 69.2. The topological polar surface area (TPSA) is 303 Å². The van der Waals surface area contributed by atoms with Gasteiger partial charge in [0.15, 0.2) is 6.29 Å². The fourth-order valence-corrected chi connectivity index (χ4v) is 5.85. The predicted molar refractivity (Wildman–Crippen MR) is 143 cm³/mol. The van der Waals surface area contributed by atoms with Crippen molar-refractivity contribution < 1.29 is 44.8 Å². The molecule has 18 N–H and O–H groups in total. The van der Waals surface area contributed by atoms with Gasteiger partial charge in [-0.3, -0.25) is 0 Å². The van der Waals surface area contributed by atoms with Gasteiger partial charge in [-0.25, -0.2) is 0 Å². The van der Waals surface area contributed by atoms with Gasteiger partial charge in [0.05, 0.1) is 43.2 Å². The van der Waals surface area contributed by atoms with E-state index in [4.69, 9.17) is 42.9 Å². The van der Waals surface area contributed by atoms with Gasteiger partial charge in [0.2, 0.25) is 0 Å². The van der Waals surface area contributed by atoms with E-state index in [-0.39, 0.29) is 25.9 Å². The molecule has 2 saturated heterocycles. The van der Waals surface area contributed by atoms with Crippen molar-refractivity contribution in [1.82, 2.24) is 10.6 Å². The van der Waals surface area contributed by atoms with Gasteiger partial charge in [-0.15, -0.1) is 0 Å². The molecule has 16 heteroatoms.